The van der Waals surface area contributed by atoms with Crippen molar-refractivity contribution in [3.8, 4) is 0 Å². The largest absolute Gasteiger partial charge is 0.462 e. The van der Waals surface area contributed by atoms with Crippen LogP contribution in [0.4, 0.5) is 0 Å². The molecule has 1 unspecified atom stereocenters. The summed E-state index contributed by atoms with van der Waals surface area (Å²) in [5, 5.41) is 3.70. The van der Waals surface area contributed by atoms with Gasteiger partial charge in [-0.15, -0.1) is 0 Å². The molecule has 0 saturated carbocycles. The maximum Gasteiger partial charge on any atom is 0.306 e. The average Bonchev–Trinajstić information content (AvgIpc) is 2.53. The van der Waals surface area contributed by atoms with E-state index >= 15 is 0 Å². The molecule has 1 fully saturated rings. The highest BCUT2D eigenvalue weighted by molar-refractivity contribution is 7.32. The second-order valence-electron chi connectivity index (χ2n) is 11.5. The standard InChI is InChI=1S/C24H50NO2Si2/c1-10-11-12-13-14-15-16-17-21(29(8,9)28(6)7)22(26)27-20-18-23(2,3)25-24(4,5)19-20/h20-21,25H,10-19H2,1-9H3. The van der Waals surface area contributed by atoms with E-state index in [1.807, 2.05) is 0 Å². The maximum atomic E-state index is 13.4. The van der Waals surface area contributed by atoms with Gasteiger partial charge >= 0.3 is 5.97 Å². The summed E-state index contributed by atoms with van der Waals surface area (Å²) in [6, 6.07) is 0. The van der Waals surface area contributed by atoms with Gasteiger partial charge in [0.25, 0.3) is 0 Å². The first-order chi connectivity index (χ1) is 13.3. The number of nitrogens with one attached hydrogen (secondary N) is 1. The summed E-state index contributed by atoms with van der Waals surface area (Å²) in [6.07, 6.45) is 12.0. The molecule has 0 bridgehead atoms. The third kappa shape index (κ3) is 9.26. The third-order valence-corrected chi connectivity index (χ3v) is 20.6. The van der Waals surface area contributed by atoms with Crippen LogP contribution in [0.2, 0.25) is 31.7 Å². The Morgan fingerprint density at radius 3 is 1.97 bits per heavy atom. The second-order valence-corrected chi connectivity index (χ2v) is 24.6. The SMILES string of the molecule is CCCCCCCCCC(C(=O)OC1CC(C)(C)NC(C)(C)C1)[Si](C)(C)[Si](C)C. The van der Waals surface area contributed by atoms with Crippen LogP contribution in [0.3, 0.4) is 0 Å². The molecule has 3 nitrogen and oxygen atoms in total. The van der Waals surface area contributed by atoms with Gasteiger partial charge in [0, 0.05) is 37.8 Å². The third-order valence-electron chi connectivity index (χ3n) is 6.98. The Labute approximate surface area is 184 Å². The zero-order chi connectivity index (χ0) is 22.3. The monoisotopic (exact) mass is 440 g/mol. The fourth-order valence-electron chi connectivity index (χ4n) is 4.99. The van der Waals surface area contributed by atoms with Crippen LogP contribution in [0, 0.1) is 0 Å². The van der Waals surface area contributed by atoms with Gasteiger partial charge in [0.05, 0.1) is 7.59 Å². The molecule has 0 aromatic carbocycles. The van der Waals surface area contributed by atoms with Crippen molar-refractivity contribution in [1.29, 1.82) is 0 Å². The summed E-state index contributed by atoms with van der Waals surface area (Å²) < 4.78 is 6.24. The molecule has 0 aromatic heterocycles. The molecule has 1 saturated heterocycles. The number of ether oxygens (including phenoxy) is 1. The van der Waals surface area contributed by atoms with Gasteiger partial charge in [-0.25, -0.2) is 0 Å². The Kier molecular flexibility index (Phi) is 10.6. The number of unbranched alkanes of at least 4 members (excludes halogenated alkanes) is 6. The minimum atomic E-state index is -1.60. The van der Waals surface area contributed by atoms with Crippen molar-refractivity contribution in [1.82, 2.24) is 5.32 Å². The predicted molar refractivity (Wildman–Crippen MR) is 132 cm³/mol. The summed E-state index contributed by atoms with van der Waals surface area (Å²) in [5.41, 5.74) is 0.194. The number of rotatable bonds is 12. The summed E-state index contributed by atoms with van der Waals surface area (Å²) in [7, 11) is -2.07. The van der Waals surface area contributed by atoms with Crippen molar-refractivity contribution in [3.05, 3.63) is 0 Å². The predicted octanol–water partition coefficient (Wildman–Crippen LogP) is 6.89. The van der Waals surface area contributed by atoms with Gasteiger partial charge in [0.1, 0.15) is 6.10 Å². The van der Waals surface area contributed by atoms with Crippen LogP contribution in [0.25, 0.3) is 0 Å². The van der Waals surface area contributed by atoms with Gasteiger partial charge in [-0.05, 0) is 34.1 Å². The van der Waals surface area contributed by atoms with E-state index in [0.29, 0.717) is 0 Å². The molecule has 1 rings (SSSR count). The Morgan fingerprint density at radius 1 is 1.00 bits per heavy atom. The maximum absolute atomic E-state index is 13.4. The van der Waals surface area contributed by atoms with Crippen LogP contribution >= 0.6 is 0 Å². The summed E-state index contributed by atoms with van der Waals surface area (Å²) in [6.45, 7) is 20.8. The first-order valence-corrected chi connectivity index (χ1v) is 18.7. The lowest BCUT2D eigenvalue weighted by atomic mass is 9.81. The van der Waals surface area contributed by atoms with Gasteiger partial charge in [0.2, 0.25) is 0 Å². The summed E-state index contributed by atoms with van der Waals surface area (Å²) in [5.74, 6) is 0.123. The molecule has 171 valence electrons. The average molecular weight is 441 g/mol. The quantitative estimate of drug-likeness (QED) is 0.204. The molecular formula is C24H50NO2Si2. The van der Waals surface area contributed by atoms with Gasteiger partial charge in [-0.2, -0.15) is 0 Å². The van der Waals surface area contributed by atoms with Crippen LogP contribution in [0.5, 0.6) is 0 Å². The molecule has 1 atom stereocenters. The van der Waals surface area contributed by atoms with Crippen molar-refractivity contribution in [2.45, 2.75) is 148 Å². The molecule has 0 amide bonds. The smallest absolute Gasteiger partial charge is 0.306 e. The van der Waals surface area contributed by atoms with Gasteiger partial charge in [-0.3, -0.25) is 4.79 Å². The first kappa shape index (κ1) is 26.9. The van der Waals surface area contributed by atoms with E-state index in [9.17, 15) is 4.79 Å². The first-order valence-electron chi connectivity index (χ1n) is 12.1. The Morgan fingerprint density at radius 2 is 1.48 bits per heavy atom. The van der Waals surface area contributed by atoms with Crippen molar-refractivity contribution >= 4 is 21.9 Å². The molecular weight excluding hydrogens is 390 g/mol. The lowest BCUT2D eigenvalue weighted by molar-refractivity contribution is -0.153. The highest BCUT2D eigenvalue weighted by atomic mass is 29.2. The number of piperidine rings is 1. The molecule has 1 heterocycles. The van der Waals surface area contributed by atoms with Crippen LogP contribution in [-0.2, 0) is 9.53 Å². The molecule has 1 radical (unpaired) electrons. The topological polar surface area (TPSA) is 38.3 Å². The number of hydrogen-bond donors (Lipinski definition) is 1. The van der Waals surface area contributed by atoms with Crippen LogP contribution in [0.15, 0.2) is 0 Å². The zero-order valence-electron chi connectivity index (χ0n) is 21.0. The van der Waals surface area contributed by atoms with E-state index in [4.69, 9.17) is 4.74 Å². The lowest BCUT2D eigenvalue weighted by Gasteiger charge is -2.46. The van der Waals surface area contributed by atoms with Crippen LogP contribution in [-0.4, -0.2) is 39.1 Å². The molecule has 1 aliphatic heterocycles. The Balaban J connectivity index is 2.71. The van der Waals surface area contributed by atoms with Crippen LogP contribution in [0.1, 0.15) is 98.8 Å². The number of esters is 1. The van der Waals surface area contributed by atoms with Gasteiger partial charge < -0.3 is 10.1 Å². The lowest BCUT2D eigenvalue weighted by Crippen LogP contribution is -2.60. The van der Waals surface area contributed by atoms with E-state index in [1.54, 1.807) is 0 Å². The van der Waals surface area contributed by atoms with Crippen molar-refractivity contribution < 1.29 is 9.53 Å². The van der Waals surface area contributed by atoms with E-state index in [2.05, 4.69) is 66.1 Å². The second kappa shape index (κ2) is 11.5. The van der Waals surface area contributed by atoms with E-state index in [1.165, 1.54) is 44.9 Å². The van der Waals surface area contributed by atoms with Crippen molar-refractivity contribution in [3.63, 3.8) is 0 Å². The number of carbonyl (C=O) groups is 1. The van der Waals surface area contributed by atoms with E-state index in [-0.39, 0.29) is 28.7 Å². The minimum Gasteiger partial charge on any atom is -0.462 e. The molecule has 1 aliphatic rings. The van der Waals surface area contributed by atoms with E-state index < -0.39 is 15.9 Å². The Hall–Kier alpha value is -0.136. The number of carbonyl (C=O) groups excluding carboxylic acids is 1. The normalized spacial score (nSPS) is 20.6. The zero-order valence-corrected chi connectivity index (χ0v) is 23.0. The molecule has 1 N–H and O–H groups in total. The molecule has 5 heteroatoms. The molecule has 0 aromatic rings. The highest BCUT2D eigenvalue weighted by Gasteiger charge is 2.44. The van der Waals surface area contributed by atoms with E-state index in [0.717, 1.165) is 19.3 Å². The van der Waals surface area contributed by atoms with Crippen molar-refractivity contribution in [2.24, 2.45) is 0 Å². The summed E-state index contributed by atoms with van der Waals surface area (Å²) in [4.78, 5) is 13.4. The summed E-state index contributed by atoms with van der Waals surface area (Å²) >= 11 is 0. The molecule has 29 heavy (non-hydrogen) atoms. The highest BCUT2D eigenvalue weighted by Crippen LogP contribution is 2.35. The fraction of sp³-hybridized carbons (Fsp3) is 0.958. The van der Waals surface area contributed by atoms with Gasteiger partial charge in [-0.1, -0.05) is 78.1 Å². The van der Waals surface area contributed by atoms with Crippen molar-refractivity contribution in [2.75, 3.05) is 0 Å². The fourth-order valence-corrected chi connectivity index (χ4v) is 10.1. The Bertz CT molecular complexity index is 487. The van der Waals surface area contributed by atoms with Crippen LogP contribution < -0.4 is 5.32 Å². The minimum absolute atomic E-state index is 0.0120. The molecule has 0 spiro atoms. The van der Waals surface area contributed by atoms with Gasteiger partial charge in [0.15, 0.2) is 0 Å². The molecule has 0 aliphatic carbocycles. The number of hydrogen-bond acceptors (Lipinski definition) is 3.